The van der Waals surface area contributed by atoms with Crippen LogP contribution in [0.15, 0.2) is 30.6 Å². The summed E-state index contributed by atoms with van der Waals surface area (Å²) in [5.74, 6) is 0.252. The molecule has 1 aliphatic heterocycles. The number of amides is 2. The standard InChI is InChI=1S/C15H15ClN4O2/c1-19-9-10(16)7-12(19)15(22)18-13-5-4-11(8-17-13)20-6-2-3-14(20)21/h4-5,7-9H,2-3,6H2,1H3,(H,17,18,22). The topological polar surface area (TPSA) is 67.2 Å². The van der Waals surface area contributed by atoms with Crippen molar-refractivity contribution in [1.29, 1.82) is 0 Å². The van der Waals surface area contributed by atoms with Gasteiger partial charge in [-0.15, -0.1) is 0 Å². The van der Waals surface area contributed by atoms with Crippen LogP contribution >= 0.6 is 11.6 Å². The van der Waals surface area contributed by atoms with Crippen molar-refractivity contribution in [2.45, 2.75) is 12.8 Å². The molecule has 1 N–H and O–H groups in total. The van der Waals surface area contributed by atoms with Gasteiger partial charge in [0.25, 0.3) is 5.91 Å². The number of aryl methyl sites for hydroxylation is 1. The monoisotopic (exact) mass is 318 g/mol. The highest BCUT2D eigenvalue weighted by Crippen LogP contribution is 2.21. The molecule has 0 spiro atoms. The minimum absolute atomic E-state index is 0.108. The fourth-order valence-electron chi connectivity index (χ4n) is 2.47. The van der Waals surface area contributed by atoms with Crippen LogP contribution in [0.4, 0.5) is 11.5 Å². The summed E-state index contributed by atoms with van der Waals surface area (Å²) in [6.07, 6.45) is 4.70. The van der Waals surface area contributed by atoms with Gasteiger partial charge < -0.3 is 14.8 Å². The molecule has 22 heavy (non-hydrogen) atoms. The maximum atomic E-state index is 12.1. The summed E-state index contributed by atoms with van der Waals surface area (Å²) < 4.78 is 1.65. The molecule has 3 heterocycles. The van der Waals surface area contributed by atoms with E-state index in [1.165, 1.54) is 0 Å². The summed E-state index contributed by atoms with van der Waals surface area (Å²) in [6.45, 7) is 0.716. The normalized spacial score (nSPS) is 14.5. The van der Waals surface area contributed by atoms with Gasteiger partial charge in [-0.1, -0.05) is 11.6 Å². The van der Waals surface area contributed by atoms with Crippen molar-refractivity contribution in [3.63, 3.8) is 0 Å². The van der Waals surface area contributed by atoms with Crippen LogP contribution in [0, 0.1) is 0 Å². The third-order valence-corrected chi connectivity index (χ3v) is 3.79. The highest BCUT2D eigenvalue weighted by Gasteiger charge is 2.22. The number of hydrogen-bond acceptors (Lipinski definition) is 3. The lowest BCUT2D eigenvalue weighted by Crippen LogP contribution is -2.24. The van der Waals surface area contributed by atoms with Gasteiger partial charge >= 0.3 is 0 Å². The van der Waals surface area contributed by atoms with Crippen LogP contribution in [0.5, 0.6) is 0 Å². The number of nitrogens with zero attached hydrogens (tertiary/aromatic N) is 3. The Labute approximate surface area is 132 Å². The zero-order chi connectivity index (χ0) is 15.7. The van der Waals surface area contributed by atoms with Crippen LogP contribution in [0.3, 0.4) is 0 Å². The number of carbonyl (C=O) groups is 2. The van der Waals surface area contributed by atoms with Crippen LogP contribution < -0.4 is 10.2 Å². The maximum absolute atomic E-state index is 12.1. The number of aromatic nitrogens is 2. The van der Waals surface area contributed by atoms with E-state index in [0.29, 0.717) is 29.5 Å². The molecule has 7 heteroatoms. The first-order valence-corrected chi connectivity index (χ1v) is 7.32. The van der Waals surface area contributed by atoms with E-state index in [4.69, 9.17) is 11.6 Å². The fraction of sp³-hybridized carbons (Fsp3) is 0.267. The molecule has 0 aliphatic carbocycles. The lowest BCUT2D eigenvalue weighted by molar-refractivity contribution is -0.117. The third kappa shape index (κ3) is 2.82. The zero-order valence-corrected chi connectivity index (χ0v) is 12.8. The second kappa shape index (κ2) is 5.81. The SMILES string of the molecule is Cn1cc(Cl)cc1C(=O)Nc1ccc(N2CCCC2=O)cn1. The van der Waals surface area contributed by atoms with Gasteiger partial charge in [-0.05, 0) is 24.6 Å². The van der Waals surface area contributed by atoms with Gasteiger partial charge in [-0.3, -0.25) is 9.59 Å². The first-order valence-electron chi connectivity index (χ1n) is 6.94. The quantitative estimate of drug-likeness (QED) is 0.945. The Morgan fingerprint density at radius 1 is 1.41 bits per heavy atom. The van der Waals surface area contributed by atoms with E-state index in [1.807, 2.05) is 0 Å². The first kappa shape index (κ1) is 14.6. The van der Waals surface area contributed by atoms with Gasteiger partial charge in [-0.2, -0.15) is 0 Å². The molecule has 0 aromatic carbocycles. The number of pyridine rings is 1. The van der Waals surface area contributed by atoms with E-state index in [9.17, 15) is 9.59 Å². The van der Waals surface area contributed by atoms with Crippen molar-refractivity contribution in [3.05, 3.63) is 41.3 Å². The van der Waals surface area contributed by atoms with Gasteiger partial charge in [-0.25, -0.2) is 4.98 Å². The summed E-state index contributed by atoms with van der Waals surface area (Å²) in [5.41, 5.74) is 1.20. The molecular weight excluding hydrogens is 304 g/mol. The highest BCUT2D eigenvalue weighted by atomic mass is 35.5. The zero-order valence-electron chi connectivity index (χ0n) is 12.0. The van der Waals surface area contributed by atoms with Crippen LogP contribution in [0.25, 0.3) is 0 Å². The molecule has 2 aromatic heterocycles. The summed E-state index contributed by atoms with van der Waals surface area (Å²) in [6, 6.07) is 5.06. The van der Waals surface area contributed by atoms with Crippen molar-refractivity contribution in [3.8, 4) is 0 Å². The number of carbonyl (C=O) groups excluding carboxylic acids is 2. The molecule has 1 saturated heterocycles. The van der Waals surface area contributed by atoms with Gasteiger partial charge in [0.1, 0.15) is 11.5 Å². The van der Waals surface area contributed by atoms with Crippen LogP contribution in [0.1, 0.15) is 23.3 Å². The third-order valence-electron chi connectivity index (χ3n) is 3.58. The van der Waals surface area contributed by atoms with Crippen molar-refractivity contribution >= 4 is 34.9 Å². The number of anilines is 2. The molecule has 0 radical (unpaired) electrons. The predicted octanol–water partition coefficient (Wildman–Crippen LogP) is 2.45. The summed E-state index contributed by atoms with van der Waals surface area (Å²) in [5, 5.41) is 3.21. The van der Waals surface area contributed by atoms with Crippen molar-refractivity contribution in [1.82, 2.24) is 9.55 Å². The Kier molecular flexibility index (Phi) is 3.85. The smallest absolute Gasteiger partial charge is 0.273 e. The number of hydrogen-bond donors (Lipinski definition) is 1. The highest BCUT2D eigenvalue weighted by molar-refractivity contribution is 6.31. The van der Waals surface area contributed by atoms with E-state index >= 15 is 0 Å². The molecule has 0 bridgehead atoms. The summed E-state index contributed by atoms with van der Waals surface area (Å²) in [7, 11) is 1.75. The molecule has 0 atom stereocenters. The van der Waals surface area contributed by atoms with Gasteiger partial charge in [0.05, 0.1) is 16.9 Å². The molecule has 2 aromatic rings. The summed E-state index contributed by atoms with van der Waals surface area (Å²) in [4.78, 5) is 29.7. The Morgan fingerprint density at radius 3 is 2.77 bits per heavy atom. The van der Waals surface area contributed by atoms with E-state index in [2.05, 4.69) is 10.3 Å². The van der Waals surface area contributed by atoms with Crippen LogP contribution in [-0.4, -0.2) is 27.9 Å². The Hall–Kier alpha value is -2.34. The average Bonchev–Trinajstić information content (AvgIpc) is 3.05. The van der Waals surface area contributed by atoms with E-state index in [1.54, 1.807) is 47.1 Å². The van der Waals surface area contributed by atoms with Crippen molar-refractivity contribution < 1.29 is 9.59 Å². The number of rotatable bonds is 3. The molecular formula is C15H15ClN4O2. The van der Waals surface area contributed by atoms with E-state index in [-0.39, 0.29) is 11.8 Å². The van der Waals surface area contributed by atoms with Gasteiger partial charge in [0.15, 0.2) is 0 Å². The molecule has 6 nitrogen and oxygen atoms in total. The Morgan fingerprint density at radius 2 is 2.23 bits per heavy atom. The minimum Gasteiger partial charge on any atom is -0.345 e. The van der Waals surface area contributed by atoms with Gasteiger partial charge in [0.2, 0.25) is 5.91 Å². The molecule has 3 rings (SSSR count). The van der Waals surface area contributed by atoms with E-state index < -0.39 is 0 Å². The Balaban J connectivity index is 1.72. The van der Waals surface area contributed by atoms with Crippen molar-refractivity contribution in [2.24, 2.45) is 7.05 Å². The second-order valence-electron chi connectivity index (χ2n) is 5.16. The van der Waals surface area contributed by atoms with Crippen LogP contribution in [-0.2, 0) is 11.8 Å². The summed E-state index contributed by atoms with van der Waals surface area (Å²) >= 11 is 5.87. The van der Waals surface area contributed by atoms with Crippen molar-refractivity contribution in [2.75, 3.05) is 16.8 Å². The average molecular weight is 319 g/mol. The number of nitrogens with one attached hydrogen (secondary N) is 1. The molecule has 2 amide bonds. The molecule has 1 aliphatic rings. The lowest BCUT2D eigenvalue weighted by Gasteiger charge is -2.15. The molecule has 0 saturated carbocycles. The fourth-order valence-corrected chi connectivity index (χ4v) is 2.72. The molecule has 0 unspecified atom stereocenters. The van der Waals surface area contributed by atoms with Crippen LogP contribution in [0.2, 0.25) is 5.02 Å². The second-order valence-corrected chi connectivity index (χ2v) is 5.60. The molecule has 1 fully saturated rings. The first-order chi connectivity index (χ1) is 10.5. The van der Waals surface area contributed by atoms with Gasteiger partial charge in [0, 0.05) is 26.2 Å². The Bertz CT molecular complexity index is 724. The molecule has 114 valence electrons. The predicted molar refractivity (Wildman–Crippen MR) is 84.2 cm³/mol. The lowest BCUT2D eigenvalue weighted by atomic mass is 10.3. The minimum atomic E-state index is -0.285. The number of halogens is 1. The maximum Gasteiger partial charge on any atom is 0.273 e. The van der Waals surface area contributed by atoms with E-state index in [0.717, 1.165) is 12.1 Å². The largest absolute Gasteiger partial charge is 0.345 e.